The van der Waals surface area contributed by atoms with Crippen molar-refractivity contribution in [1.82, 2.24) is 0 Å². The second-order valence-corrected chi connectivity index (χ2v) is 4.79. The van der Waals surface area contributed by atoms with Crippen LogP contribution in [-0.2, 0) is 20.0 Å². The first-order valence-corrected chi connectivity index (χ1v) is 6.66. The molecule has 3 nitrogen and oxygen atoms in total. The molecule has 0 aliphatic rings. The monoisotopic (exact) mass is 252 g/mol. The predicted octanol–water partition coefficient (Wildman–Crippen LogP) is 1.11. The highest BCUT2D eigenvalue weighted by Gasteiger charge is 2.40. The third-order valence-electron chi connectivity index (χ3n) is 3.05. The molecule has 4 heteroatoms. The maximum Gasteiger partial charge on any atom is 0.217 e. The lowest BCUT2D eigenvalue weighted by Gasteiger charge is -2.37. The second kappa shape index (κ2) is 6.12. The summed E-state index contributed by atoms with van der Waals surface area (Å²) in [6.07, 6.45) is 1.80. The first kappa shape index (κ1) is 14.1. The van der Waals surface area contributed by atoms with Gasteiger partial charge in [-0.05, 0) is 5.56 Å². The van der Waals surface area contributed by atoms with Gasteiger partial charge in [0.15, 0.2) is 0 Å². The molecule has 0 aliphatic heterocycles. The maximum absolute atomic E-state index is 5.61. The van der Waals surface area contributed by atoms with Gasteiger partial charge in [-0.15, -0.1) is 0 Å². The summed E-state index contributed by atoms with van der Waals surface area (Å²) in [5.74, 6) is -0.855. The molecule has 94 valence electrons. The fourth-order valence-corrected chi connectivity index (χ4v) is 2.78. The molecule has 0 radical (unpaired) electrons. The van der Waals surface area contributed by atoms with Gasteiger partial charge in [0, 0.05) is 37.1 Å². The summed E-state index contributed by atoms with van der Waals surface area (Å²) in [5.41, 5.74) is 1.84. The molecule has 1 atom stereocenters. The Hall–Kier alpha value is -0.943. The molecule has 1 aromatic rings. The molecule has 0 fully saturated rings. The van der Waals surface area contributed by atoms with E-state index in [1.54, 1.807) is 27.4 Å². The third kappa shape index (κ3) is 2.50. The first-order chi connectivity index (χ1) is 8.16. The van der Waals surface area contributed by atoms with Crippen LogP contribution in [0, 0.1) is 0 Å². The van der Waals surface area contributed by atoms with Crippen molar-refractivity contribution in [3.8, 4) is 0 Å². The zero-order valence-corrected chi connectivity index (χ0v) is 12.9. The molecule has 0 saturated heterocycles. The van der Waals surface area contributed by atoms with Crippen LogP contribution < -0.4 is 0 Å². The Morgan fingerprint density at radius 2 is 1.82 bits per heavy atom. The van der Waals surface area contributed by atoms with Crippen molar-refractivity contribution >= 4 is 16.3 Å². The van der Waals surface area contributed by atoms with Crippen molar-refractivity contribution in [2.45, 2.75) is 11.5 Å². The van der Waals surface area contributed by atoms with Crippen LogP contribution >= 0.6 is 0 Å². The molecule has 0 aliphatic carbocycles. The summed E-state index contributed by atoms with van der Waals surface area (Å²) in [6, 6.07) is 7.89. The maximum atomic E-state index is 5.61. The van der Waals surface area contributed by atoms with Crippen LogP contribution in [-0.4, -0.2) is 37.3 Å². The summed E-state index contributed by atoms with van der Waals surface area (Å²) in [7, 11) is 5.73. The van der Waals surface area contributed by atoms with Gasteiger partial charge in [0.1, 0.15) is 0 Å². The van der Waals surface area contributed by atoms with Gasteiger partial charge in [-0.3, -0.25) is 0 Å². The summed E-state index contributed by atoms with van der Waals surface area (Å²) in [5, 5.41) is 0. The zero-order chi connectivity index (χ0) is 12.9. The fraction of sp³-hybridized carbons (Fsp3) is 0.385. The van der Waals surface area contributed by atoms with Gasteiger partial charge in [-0.2, -0.15) is 0 Å². The number of methoxy groups -OCH3 is 3. The molecular formula is C13H20O3Si. The van der Waals surface area contributed by atoms with E-state index >= 15 is 0 Å². The van der Waals surface area contributed by atoms with Crippen LogP contribution in [0.15, 0.2) is 30.8 Å². The summed E-state index contributed by atoms with van der Waals surface area (Å²) in [4.78, 5) is 0. The van der Waals surface area contributed by atoms with Crippen molar-refractivity contribution in [3.05, 3.63) is 42.0 Å². The van der Waals surface area contributed by atoms with E-state index in [1.165, 1.54) is 0 Å². The Kier molecular flexibility index (Phi) is 5.08. The molecule has 0 heterocycles. The summed E-state index contributed by atoms with van der Waals surface area (Å²) < 4.78 is 16.6. The minimum absolute atomic E-state index is 0.0985. The van der Waals surface area contributed by atoms with E-state index in [9.17, 15) is 0 Å². The molecule has 1 unspecified atom stereocenters. The smallest absolute Gasteiger partial charge is 0.217 e. The molecule has 0 spiro atoms. The van der Waals surface area contributed by atoms with Crippen molar-refractivity contribution in [2.75, 3.05) is 21.3 Å². The highest BCUT2D eigenvalue weighted by Crippen LogP contribution is 2.33. The molecular weight excluding hydrogens is 232 g/mol. The fourth-order valence-electron chi connectivity index (χ4n) is 2.00. The summed E-state index contributed by atoms with van der Waals surface area (Å²) >= 11 is 0. The minimum atomic E-state index is -0.855. The molecule has 0 N–H and O–H groups in total. The lowest BCUT2D eigenvalue weighted by atomic mass is 9.99. The van der Waals surface area contributed by atoms with Crippen molar-refractivity contribution < 1.29 is 14.2 Å². The average Bonchev–Trinajstić information content (AvgIpc) is 2.41. The highest BCUT2D eigenvalue weighted by atomic mass is 28.1. The Bertz CT molecular complexity index is 375. The Labute approximate surface area is 106 Å². The Morgan fingerprint density at radius 3 is 2.29 bits per heavy atom. The topological polar surface area (TPSA) is 27.7 Å². The van der Waals surface area contributed by atoms with E-state index in [1.807, 2.05) is 24.3 Å². The normalized spacial score (nSPS) is 13.6. The summed E-state index contributed by atoms with van der Waals surface area (Å²) in [6.45, 7) is 3.82. The van der Waals surface area contributed by atoms with Crippen LogP contribution in [0.1, 0.15) is 11.1 Å². The van der Waals surface area contributed by atoms with Gasteiger partial charge < -0.3 is 14.2 Å². The van der Waals surface area contributed by atoms with Gasteiger partial charge in [0.05, 0.1) is 5.73 Å². The number of hydrogen-bond donors (Lipinski definition) is 0. The highest BCUT2D eigenvalue weighted by molar-refractivity contribution is 6.11. The van der Waals surface area contributed by atoms with Gasteiger partial charge in [-0.1, -0.05) is 36.9 Å². The SMILES string of the molecule is C=Cc1ccccc1C(OC)(OC)C([SiH3])OC. The van der Waals surface area contributed by atoms with E-state index < -0.39 is 5.79 Å². The van der Waals surface area contributed by atoms with E-state index in [2.05, 4.69) is 6.58 Å². The minimum Gasteiger partial charge on any atom is -0.380 e. The van der Waals surface area contributed by atoms with E-state index in [0.29, 0.717) is 0 Å². The number of benzene rings is 1. The van der Waals surface area contributed by atoms with E-state index in [-0.39, 0.29) is 5.73 Å². The quantitative estimate of drug-likeness (QED) is 0.561. The lowest BCUT2D eigenvalue weighted by Crippen LogP contribution is -2.45. The average molecular weight is 252 g/mol. The first-order valence-electron chi connectivity index (χ1n) is 5.51. The standard InChI is InChI=1S/C13H20O3Si/c1-5-10-8-6-7-9-11(10)13(15-3,16-4)12(17)14-2/h5-9,12H,1H2,2-4,17H3. The van der Waals surface area contributed by atoms with Crippen molar-refractivity contribution in [3.63, 3.8) is 0 Å². The van der Waals surface area contributed by atoms with Crippen LogP contribution in [0.3, 0.4) is 0 Å². The molecule has 0 bridgehead atoms. The predicted molar refractivity (Wildman–Crippen MR) is 73.0 cm³/mol. The lowest BCUT2D eigenvalue weighted by molar-refractivity contribution is -0.253. The largest absolute Gasteiger partial charge is 0.380 e. The van der Waals surface area contributed by atoms with Gasteiger partial charge in [0.25, 0.3) is 0 Å². The van der Waals surface area contributed by atoms with Gasteiger partial charge in [-0.25, -0.2) is 0 Å². The number of rotatable bonds is 6. The zero-order valence-electron chi connectivity index (χ0n) is 10.9. The van der Waals surface area contributed by atoms with E-state index in [0.717, 1.165) is 21.4 Å². The van der Waals surface area contributed by atoms with Gasteiger partial charge >= 0.3 is 0 Å². The second-order valence-electron chi connectivity index (χ2n) is 3.75. The van der Waals surface area contributed by atoms with Crippen LogP contribution in [0.4, 0.5) is 0 Å². The van der Waals surface area contributed by atoms with E-state index in [4.69, 9.17) is 14.2 Å². The van der Waals surface area contributed by atoms with Crippen LogP contribution in [0.5, 0.6) is 0 Å². The molecule has 17 heavy (non-hydrogen) atoms. The molecule has 0 saturated carbocycles. The Morgan fingerprint density at radius 1 is 1.24 bits per heavy atom. The third-order valence-corrected chi connectivity index (χ3v) is 4.28. The molecule has 0 amide bonds. The van der Waals surface area contributed by atoms with Crippen LogP contribution in [0.25, 0.3) is 6.08 Å². The number of hydrogen-bond acceptors (Lipinski definition) is 3. The van der Waals surface area contributed by atoms with Crippen molar-refractivity contribution in [1.29, 1.82) is 0 Å². The Balaban J connectivity index is 3.35. The van der Waals surface area contributed by atoms with Gasteiger partial charge in [0.2, 0.25) is 5.79 Å². The van der Waals surface area contributed by atoms with Crippen LogP contribution in [0.2, 0.25) is 0 Å². The molecule has 0 aromatic heterocycles. The van der Waals surface area contributed by atoms with Crippen molar-refractivity contribution in [2.24, 2.45) is 0 Å². The molecule has 1 aromatic carbocycles. The number of ether oxygens (including phenoxy) is 3. The molecule has 1 rings (SSSR count).